The van der Waals surface area contributed by atoms with Crippen LogP contribution in [0, 0.1) is 19.8 Å². The van der Waals surface area contributed by atoms with Crippen LogP contribution >= 0.6 is 0 Å². The number of amides is 1. The number of aromatic nitrogens is 4. The van der Waals surface area contributed by atoms with Crippen molar-refractivity contribution in [1.29, 1.82) is 0 Å². The molecule has 152 valence electrons. The molecule has 0 saturated carbocycles. The quantitative estimate of drug-likeness (QED) is 0.716. The summed E-state index contributed by atoms with van der Waals surface area (Å²) in [5.41, 5.74) is 3.93. The third kappa shape index (κ3) is 4.37. The molecule has 1 N–H and O–H groups in total. The van der Waals surface area contributed by atoms with Gasteiger partial charge in [0.2, 0.25) is 5.91 Å². The molecule has 8 heteroatoms. The highest BCUT2D eigenvalue weighted by molar-refractivity contribution is 5.91. The largest absolute Gasteiger partial charge is 0.359 e. The van der Waals surface area contributed by atoms with E-state index in [2.05, 4.69) is 25.5 Å². The Hall–Kier alpha value is -3.00. The Labute approximate surface area is 169 Å². The van der Waals surface area contributed by atoms with Gasteiger partial charge in [0.15, 0.2) is 5.76 Å². The normalized spacial score (nSPS) is 15.6. The lowest BCUT2D eigenvalue weighted by atomic mass is 9.96. The van der Waals surface area contributed by atoms with Crippen LogP contribution in [-0.4, -0.2) is 43.8 Å². The Morgan fingerprint density at radius 2 is 2.03 bits per heavy atom. The number of anilines is 1. The van der Waals surface area contributed by atoms with Crippen LogP contribution in [0.4, 0.5) is 5.82 Å². The van der Waals surface area contributed by atoms with E-state index in [9.17, 15) is 4.79 Å². The fourth-order valence-corrected chi connectivity index (χ4v) is 3.61. The van der Waals surface area contributed by atoms with Crippen molar-refractivity contribution in [2.24, 2.45) is 13.0 Å². The lowest BCUT2D eigenvalue weighted by molar-refractivity contribution is -0.121. The van der Waals surface area contributed by atoms with E-state index in [-0.39, 0.29) is 11.8 Å². The fraction of sp³-hybridized carbons (Fsp3) is 0.429. The third-order valence-corrected chi connectivity index (χ3v) is 5.57. The number of piperidine rings is 1. The van der Waals surface area contributed by atoms with Gasteiger partial charge in [-0.25, -0.2) is 4.98 Å². The predicted octanol–water partition coefficient (Wildman–Crippen LogP) is 2.94. The molecule has 29 heavy (non-hydrogen) atoms. The summed E-state index contributed by atoms with van der Waals surface area (Å²) in [6.07, 6.45) is 5.21. The summed E-state index contributed by atoms with van der Waals surface area (Å²) in [6, 6.07) is 5.77. The first-order valence-corrected chi connectivity index (χ1v) is 9.90. The minimum absolute atomic E-state index is 0.0117. The molecule has 0 atom stereocenters. The number of rotatable bonds is 5. The number of hydrogen-bond acceptors (Lipinski definition) is 6. The van der Waals surface area contributed by atoms with Gasteiger partial charge in [0.25, 0.3) is 0 Å². The molecular formula is C21H26N6O2. The highest BCUT2D eigenvalue weighted by Crippen LogP contribution is 2.25. The number of carbonyl (C=O) groups excluding carboxylic acids is 1. The summed E-state index contributed by atoms with van der Waals surface area (Å²) in [5, 5.41) is 11.4. The Bertz CT molecular complexity index is 983. The van der Waals surface area contributed by atoms with Crippen LogP contribution in [0.15, 0.2) is 35.1 Å². The lowest BCUT2D eigenvalue weighted by Gasteiger charge is -2.30. The topological polar surface area (TPSA) is 89.1 Å². The van der Waals surface area contributed by atoms with E-state index in [0.717, 1.165) is 54.2 Å². The summed E-state index contributed by atoms with van der Waals surface area (Å²) in [6.45, 7) is 6.38. The van der Waals surface area contributed by atoms with E-state index in [1.807, 2.05) is 50.0 Å². The van der Waals surface area contributed by atoms with E-state index >= 15 is 0 Å². The number of hydrogen-bond donors (Lipinski definition) is 1. The Balaban J connectivity index is 1.29. The number of nitrogens with zero attached hydrogens (tertiary/aromatic N) is 5. The summed E-state index contributed by atoms with van der Waals surface area (Å²) < 4.78 is 7.36. The van der Waals surface area contributed by atoms with Crippen molar-refractivity contribution < 1.29 is 9.32 Å². The van der Waals surface area contributed by atoms with Gasteiger partial charge < -0.3 is 9.84 Å². The molecular weight excluding hydrogens is 368 g/mol. The number of nitrogens with one attached hydrogen (secondary N) is 1. The molecule has 0 radical (unpaired) electrons. The molecule has 3 aromatic heterocycles. The summed E-state index contributed by atoms with van der Waals surface area (Å²) in [4.78, 5) is 19.1. The monoisotopic (exact) mass is 394 g/mol. The second-order valence-electron chi connectivity index (χ2n) is 7.71. The van der Waals surface area contributed by atoms with E-state index in [0.29, 0.717) is 12.4 Å². The lowest BCUT2D eigenvalue weighted by Crippen LogP contribution is -2.37. The first-order chi connectivity index (χ1) is 14.0. The van der Waals surface area contributed by atoms with Gasteiger partial charge in [0.1, 0.15) is 11.5 Å². The smallest absolute Gasteiger partial charge is 0.228 e. The van der Waals surface area contributed by atoms with Gasteiger partial charge >= 0.3 is 0 Å². The summed E-state index contributed by atoms with van der Waals surface area (Å²) in [5.74, 6) is 1.51. The number of likely N-dealkylation sites (tertiary alicyclic amines) is 1. The van der Waals surface area contributed by atoms with Gasteiger partial charge in [-0.3, -0.25) is 14.4 Å². The standard InChI is InChI=1S/C21H26N6O2/c1-14-4-5-20(22-11-14)24-21(28)16-6-8-27(9-7-16)13-17-10-19(25-29-17)18-12-23-26(3)15(18)2/h4-5,10-12,16H,6-9,13H2,1-3H3,(H,22,24,28). The Morgan fingerprint density at radius 1 is 1.24 bits per heavy atom. The van der Waals surface area contributed by atoms with Crippen molar-refractivity contribution in [2.75, 3.05) is 18.4 Å². The van der Waals surface area contributed by atoms with Crippen molar-refractivity contribution >= 4 is 11.7 Å². The first kappa shape index (κ1) is 19.3. The van der Waals surface area contributed by atoms with Crippen molar-refractivity contribution in [3.63, 3.8) is 0 Å². The van der Waals surface area contributed by atoms with Crippen LogP contribution < -0.4 is 5.32 Å². The van der Waals surface area contributed by atoms with E-state index in [1.54, 1.807) is 6.20 Å². The van der Waals surface area contributed by atoms with Gasteiger partial charge in [0.05, 0.1) is 12.7 Å². The molecule has 8 nitrogen and oxygen atoms in total. The molecule has 1 saturated heterocycles. The van der Waals surface area contributed by atoms with Gasteiger partial charge in [-0.05, 0) is 51.4 Å². The Kier molecular flexibility index (Phi) is 5.44. The number of pyridine rings is 1. The maximum atomic E-state index is 12.5. The van der Waals surface area contributed by atoms with Crippen molar-refractivity contribution in [2.45, 2.75) is 33.2 Å². The second kappa shape index (κ2) is 8.16. The number of aryl methyl sites for hydroxylation is 2. The van der Waals surface area contributed by atoms with Crippen LogP contribution in [0.25, 0.3) is 11.3 Å². The highest BCUT2D eigenvalue weighted by Gasteiger charge is 2.26. The van der Waals surface area contributed by atoms with Gasteiger partial charge in [-0.1, -0.05) is 11.2 Å². The molecule has 0 bridgehead atoms. The van der Waals surface area contributed by atoms with Crippen molar-refractivity contribution in [1.82, 2.24) is 24.8 Å². The average Bonchev–Trinajstić information content (AvgIpc) is 3.31. The van der Waals surface area contributed by atoms with E-state index in [4.69, 9.17) is 4.52 Å². The fourth-order valence-electron chi connectivity index (χ4n) is 3.61. The zero-order chi connectivity index (χ0) is 20.4. The molecule has 1 aliphatic heterocycles. The summed E-state index contributed by atoms with van der Waals surface area (Å²) >= 11 is 0. The van der Waals surface area contributed by atoms with Crippen LogP contribution in [0.5, 0.6) is 0 Å². The molecule has 0 spiro atoms. The van der Waals surface area contributed by atoms with Crippen LogP contribution in [0.3, 0.4) is 0 Å². The minimum Gasteiger partial charge on any atom is -0.359 e. The predicted molar refractivity (Wildman–Crippen MR) is 109 cm³/mol. The van der Waals surface area contributed by atoms with Crippen LogP contribution in [0.2, 0.25) is 0 Å². The molecule has 4 rings (SSSR count). The molecule has 1 aliphatic rings. The summed E-state index contributed by atoms with van der Waals surface area (Å²) in [7, 11) is 1.91. The van der Waals surface area contributed by atoms with Gasteiger partial charge in [-0.2, -0.15) is 5.10 Å². The molecule has 0 aromatic carbocycles. The minimum atomic E-state index is 0.0117. The van der Waals surface area contributed by atoms with E-state index in [1.165, 1.54) is 0 Å². The number of carbonyl (C=O) groups is 1. The maximum Gasteiger partial charge on any atom is 0.228 e. The van der Waals surface area contributed by atoms with Gasteiger partial charge in [-0.15, -0.1) is 0 Å². The molecule has 1 amide bonds. The SMILES string of the molecule is Cc1ccc(NC(=O)C2CCN(Cc3cc(-c4cnn(C)c4C)no3)CC2)nc1. The highest BCUT2D eigenvalue weighted by atomic mass is 16.5. The third-order valence-electron chi connectivity index (χ3n) is 5.57. The zero-order valence-electron chi connectivity index (χ0n) is 17.1. The van der Waals surface area contributed by atoms with Crippen molar-refractivity contribution in [3.8, 4) is 11.3 Å². The molecule has 1 fully saturated rings. The molecule has 0 aliphatic carbocycles. The van der Waals surface area contributed by atoms with Crippen molar-refractivity contribution in [3.05, 3.63) is 47.6 Å². The zero-order valence-corrected chi connectivity index (χ0v) is 17.1. The maximum absolute atomic E-state index is 12.5. The Morgan fingerprint density at radius 3 is 2.69 bits per heavy atom. The molecule has 4 heterocycles. The molecule has 3 aromatic rings. The average molecular weight is 394 g/mol. The first-order valence-electron chi connectivity index (χ1n) is 9.90. The second-order valence-corrected chi connectivity index (χ2v) is 7.71. The molecule has 0 unspecified atom stereocenters. The van der Waals surface area contributed by atoms with Crippen LogP contribution in [-0.2, 0) is 18.4 Å². The van der Waals surface area contributed by atoms with Crippen LogP contribution in [0.1, 0.15) is 29.9 Å². The van der Waals surface area contributed by atoms with E-state index < -0.39 is 0 Å². The van der Waals surface area contributed by atoms with Gasteiger partial charge in [0, 0.05) is 36.5 Å².